The van der Waals surface area contributed by atoms with Gasteiger partial charge in [0.2, 0.25) is 0 Å². The van der Waals surface area contributed by atoms with Crippen molar-refractivity contribution >= 4 is 66.4 Å². The molecule has 4 bridgehead atoms. The first-order valence-corrected chi connectivity index (χ1v) is 26.2. The molecule has 0 unspecified atom stereocenters. The molecule has 0 spiro atoms. The third-order valence-corrected chi connectivity index (χ3v) is 17.7. The molecule has 6 nitrogen and oxygen atoms in total. The summed E-state index contributed by atoms with van der Waals surface area (Å²) in [6, 6.07) is 71.0. The normalized spacial score (nSPS) is 20.7. The first-order chi connectivity index (χ1) is 35.9. The number of fused-ring (bicyclic) bond motifs is 7. The van der Waals surface area contributed by atoms with Gasteiger partial charge in [0.1, 0.15) is 5.82 Å². The molecular weight excluding hydrogens is 1090 g/mol. The molecule has 8 aromatic carbocycles. The Bertz CT molecular complexity index is 3910. The molecule has 0 saturated heterocycles. The minimum atomic E-state index is -0.0464. The van der Waals surface area contributed by atoms with Gasteiger partial charge in [0.05, 0.1) is 11.0 Å². The first kappa shape index (κ1) is 45.2. The van der Waals surface area contributed by atoms with E-state index in [4.69, 9.17) is 9.72 Å². The maximum atomic E-state index is 6.77. The van der Waals surface area contributed by atoms with Crippen LogP contribution in [-0.2, 0) is 26.5 Å². The Labute approximate surface area is 447 Å². The number of benzene rings is 8. The zero-order chi connectivity index (χ0) is 48.5. The number of aromatic nitrogens is 3. The van der Waals surface area contributed by atoms with E-state index in [1.54, 1.807) is 0 Å². The van der Waals surface area contributed by atoms with E-state index in [9.17, 15) is 0 Å². The molecule has 4 fully saturated rings. The summed E-state index contributed by atoms with van der Waals surface area (Å²) in [5.74, 6) is 5.12. The number of para-hydroxylation sites is 5. The molecule has 0 atom stereocenters. The van der Waals surface area contributed by atoms with Crippen LogP contribution in [0.4, 0.5) is 22.7 Å². The smallest absolute Gasteiger partial charge is 0.135 e. The molecule has 74 heavy (non-hydrogen) atoms. The van der Waals surface area contributed by atoms with Crippen molar-refractivity contribution in [3.63, 3.8) is 0 Å². The van der Waals surface area contributed by atoms with Gasteiger partial charge in [0, 0.05) is 83.2 Å². The summed E-state index contributed by atoms with van der Waals surface area (Å²) >= 11 is 0. The van der Waals surface area contributed by atoms with Gasteiger partial charge < -0.3 is 23.7 Å². The standard InChI is InChI=1S/C67H54N5O.Pt/c1-42-31-48(32-43(2)44(42)3)67(49-34-45-33-46(36-49)37-50(67)35-45)47-29-30-68-66(38-47)72-62-20-9-6-17-58(62)59-28-27-55(40-65(59)72)73-54-14-12-13-53(39-54)70-41-69(63-21-10-11-22-64(63)70)51-23-25-52(26-24-51)71-60-18-7-4-15-56(60)57-16-5-8-19-61(57)71;/h4-32,38,41,45-46,49-50H,33-37H2,1-3H3;/q-3;. The van der Waals surface area contributed by atoms with Crippen LogP contribution in [0, 0.1) is 63.2 Å². The van der Waals surface area contributed by atoms with E-state index < -0.39 is 0 Å². The molecule has 4 heterocycles. The molecule has 11 aromatic rings. The van der Waals surface area contributed by atoms with E-state index in [-0.39, 0.29) is 26.5 Å². The molecule has 0 N–H and O–H groups in total. The monoisotopic (exact) mass is 1140 g/mol. The van der Waals surface area contributed by atoms with Crippen LogP contribution in [-0.4, -0.2) is 14.1 Å². The molecule has 7 heteroatoms. The number of rotatable bonds is 8. The van der Waals surface area contributed by atoms with Crippen LogP contribution < -0.4 is 14.5 Å². The van der Waals surface area contributed by atoms with Gasteiger partial charge >= 0.3 is 0 Å². The van der Waals surface area contributed by atoms with Gasteiger partial charge in [-0.25, -0.2) is 4.98 Å². The summed E-state index contributed by atoms with van der Waals surface area (Å²) < 4.78 is 11.4. The SMILES string of the molecule is Cc1cc(C2(c3ccnc(-n4c5[c-]c(Oc6[c-]c(N7[CH-]N(c8ccc(-n9c%10ccccc%10c%10ccccc%109)cc8)c8ccccc87)ccc6)ccc5c5ccccc54)c3)C3CC4CC(C3)CC2C4)cc(C)c1C.[Pt]. The van der Waals surface area contributed by atoms with Gasteiger partial charge in [-0.1, -0.05) is 84.4 Å². The summed E-state index contributed by atoms with van der Waals surface area (Å²) in [6.07, 6.45) is 8.77. The predicted molar refractivity (Wildman–Crippen MR) is 297 cm³/mol. The fraction of sp³-hybridized carbons (Fsp3) is 0.194. The van der Waals surface area contributed by atoms with E-state index >= 15 is 0 Å². The summed E-state index contributed by atoms with van der Waals surface area (Å²) in [7, 11) is 0. The van der Waals surface area contributed by atoms with Crippen molar-refractivity contribution in [2.75, 3.05) is 9.80 Å². The third kappa shape index (κ3) is 6.83. The molecule has 366 valence electrons. The summed E-state index contributed by atoms with van der Waals surface area (Å²) in [5.41, 5.74) is 16.8. The van der Waals surface area contributed by atoms with E-state index in [1.165, 1.54) is 87.1 Å². The van der Waals surface area contributed by atoms with Crippen molar-refractivity contribution < 1.29 is 25.8 Å². The predicted octanol–water partition coefficient (Wildman–Crippen LogP) is 16.7. The third-order valence-electron chi connectivity index (χ3n) is 17.7. The van der Waals surface area contributed by atoms with Crippen LogP contribution in [0.5, 0.6) is 11.5 Å². The minimum absolute atomic E-state index is 0. The van der Waals surface area contributed by atoms with Crippen LogP contribution in [0.1, 0.15) is 59.9 Å². The van der Waals surface area contributed by atoms with E-state index in [0.29, 0.717) is 23.3 Å². The van der Waals surface area contributed by atoms with Crippen molar-refractivity contribution in [2.45, 2.75) is 58.3 Å². The Kier molecular flexibility index (Phi) is 10.6. The Morgan fingerprint density at radius 3 is 1.74 bits per heavy atom. The number of anilines is 4. The molecule has 1 aliphatic heterocycles. The van der Waals surface area contributed by atoms with Gasteiger partial charge in [0.25, 0.3) is 0 Å². The van der Waals surface area contributed by atoms with Crippen molar-refractivity contribution in [3.05, 3.63) is 229 Å². The Morgan fingerprint density at radius 1 is 0.514 bits per heavy atom. The van der Waals surface area contributed by atoms with Crippen LogP contribution in [0.3, 0.4) is 0 Å². The number of nitrogens with zero attached hydrogens (tertiary/aromatic N) is 5. The second-order valence-corrected chi connectivity index (χ2v) is 21.5. The molecule has 0 radical (unpaired) electrons. The molecule has 0 amide bonds. The second kappa shape index (κ2) is 17.4. The summed E-state index contributed by atoms with van der Waals surface area (Å²) in [5, 5.41) is 4.80. The molecular formula is C67H54N5OPt-3. The molecule has 5 aliphatic rings. The average molecular weight is 1140 g/mol. The van der Waals surface area contributed by atoms with Crippen LogP contribution >= 0.6 is 0 Å². The molecule has 4 saturated carbocycles. The van der Waals surface area contributed by atoms with E-state index in [2.05, 4.69) is 222 Å². The van der Waals surface area contributed by atoms with Crippen molar-refractivity contribution in [1.82, 2.24) is 14.1 Å². The van der Waals surface area contributed by atoms with Gasteiger partial charge in [-0.2, -0.15) is 12.1 Å². The van der Waals surface area contributed by atoms with Crippen LogP contribution in [0.15, 0.2) is 182 Å². The minimum Gasteiger partial charge on any atom is -0.509 e. The van der Waals surface area contributed by atoms with Gasteiger partial charge in [-0.15, -0.1) is 48.1 Å². The number of hydrogen-bond acceptors (Lipinski definition) is 4. The summed E-state index contributed by atoms with van der Waals surface area (Å²) in [4.78, 5) is 9.65. The maximum absolute atomic E-state index is 6.77. The fourth-order valence-electron chi connectivity index (χ4n) is 14.5. The van der Waals surface area contributed by atoms with Crippen LogP contribution in [0.25, 0.3) is 55.1 Å². The topological polar surface area (TPSA) is 38.5 Å². The van der Waals surface area contributed by atoms with Crippen molar-refractivity contribution in [2.24, 2.45) is 23.7 Å². The average Bonchev–Trinajstić information content (AvgIpc) is 4.09. The molecule has 4 aliphatic carbocycles. The Balaban J connectivity index is 0.00000505. The quantitative estimate of drug-likeness (QED) is 0.142. The van der Waals surface area contributed by atoms with Gasteiger partial charge in [-0.3, -0.25) is 0 Å². The van der Waals surface area contributed by atoms with Gasteiger partial charge in [-0.05, 0) is 176 Å². The number of aryl methyl sites for hydroxylation is 2. The molecule has 16 rings (SSSR count). The van der Waals surface area contributed by atoms with E-state index in [0.717, 1.165) is 62.5 Å². The number of pyridine rings is 1. The van der Waals surface area contributed by atoms with Crippen molar-refractivity contribution in [1.29, 1.82) is 0 Å². The molecule has 3 aromatic heterocycles. The first-order valence-electron chi connectivity index (χ1n) is 26.2. The zero-order valence-electron chi connectivity index (χ0n) is 41.7. The number of hydrogen-bond donors (Lipinski definition) is 0. The summed E-state index contributed by atoms with van der Waals surface area (Å²) in [6.45, 7) is 9.05. The Hall–Kier alpha value is -7.40. The fourth-order valence-corrected chi connectivity index (χ4v) is 14.5. The zero-order valence-corrected chi connectivity index (χ0v) is 44.0. The van der Waals surface area contributed by atoms with Crippen molar-refractivity contribution in [3.8, 4) is 23.0 Å². The van der Waals surface area contributed by atoms with Gasteiger partial charge in [0.15, 0.2) is 0 Å². The maximum Gasteiger partial charge on any atom is 0.135 e. The van der Waals surface area contributed by atoms with Crippen LogP contribution in [0.2, 0.25) is 0 Å². The largest absolute Gasteiger partial charge is 0.509 e. The second-order valence-electron chi connectivity index (χ2n) is 21.5. The Morgan fingerprint density at radius 2 is 1.08 bits per heavy atom. The van der Waals surface area contributed by atoms with E-state index in [1.807, 2.05) is 18.2 Å². The number of ether oxygens (including phenoxy) is 1.